The third-order valence-corrected chi connectivity index (χ3v) is 3.07. The van der Waals surface area contributed by atoms with Gasteiger partial charge >= 0.3 is 5.97 Å². The van der Waals surface area contributed by atoms with Gasteiger partial charge in [0.2, 0.25) is 0 Å². The minimum Gasteiger partial charge on any atom is -0.467 e. The number of ether oxygens (including phenoxy) is 1. The van der Waals surface area contributed by atoms with Crippen molar-refractivity contribution in [3.05, 3.63) is 30.4 Å². The monoisotopic (exact) mass is 290 g/mol. The Bertz CT molecular complexity index is 650. The van der Waals surface area contributed by atoms with Gasteiger partial charge in [-0.15, -0.1) is 0 Å². The Morgan fingerprint density at radius 1 is 1.38 bits per heavy atom. The maximum Gasteiger partial charge on any atom is 0.328 e. The summed E-state index contributed by atoms with van der Waals surface area (Å²) in [6, 6.07) is -0.672. The number of hydrogen-bond acceptors (Lipinski definition) is 5. The van der Waals surface area contributed by atoms with Gasteiger partial charge in [-0.25, -0.2) is 9.31 Å². The molecule has 0 aromatic carbocycles. The van der Waals surface area contributed by atoms with Crippen LogP contribution in [0.3, 0.4) is 0 Å². The third kappa shape index (κ3) is 3.36. The highest BCUT2D eigenvalue weighted by Crippen LogP contribution is 2.11. The smallest absolute Gasteiger partial charge is 0.328 e. The molecule has 0 bridgehead atoms. The Kier molecular flexibility index (Phi) is 4.52. The molecule has 112 valence electrons. The summed E-state index contributed by atoms with van der Waals surface area (Å²) in [5, 5.41) is 6.77. The average molecular weight is 290 g/mol. The van der Waals surface area contributed by atoms with E-state index in [1.54, 1.807) is 23.1 Å². The van der Waals surface area contributed by atoms with Crippen LogP contribution in [0.25, 0.3) is 5.52 Å². The molecule has 2 aromatic rings. The highest BCUT2D eigenvalue weighted by molar-refractivity contribution is 6.02. The van der Waals surface area contributed by atoms with Crippen LogP contribution in [-0.4, -0.2) is 39.6 Å². The van der Waals surface area contributed by atoms with Crippen LogP contribution in [0.5, 0.6) is 0 Å². The summed E-state index contributed by atoms with van der Waals surface area (Å²) >= 11 is 0. The number of nitrogens with one attached hydrogen (secondary N) is 1. The molecule has 1 amide bonds. The lowest BCUT2D eigenvalue weighted by molar-refractivity contribution is -0.143. The van der Waals surface area contributed by atoms with Gasteiger partial charge in [0.15, 0.2) is 0 Å². The molecule has 0 spiro atoms. The van der Waals surface area contributed by atoms with E-state index in [0.29, 0.717) is 17.5 Å². The standard InChI is InChI=1S/C14H18N4O3/c1-9(2)6-11(14(20)21-3)17-13(19)10-7-16-18-5-4-15-8-12(10)18/h4-5,7-9,11H,6H2,1-3H3,(H,17,19). The summed E-state index contributed by atoms with van der Waals surface area (Å²) in [6.45, 7) is 3.95. The predicted octanol–water partition coefficient (Wildman–Crippen LogP) is 1.05. The molecule has 7 heteroatoms. The van der Waals surface area contributed by atoms with Crippen molar-refractivity contribution in [3.63, 3.8) is 0 Å². The molecule has 0 saturated carbocycles. The lowest BCUT2D eigenvalue weighted by atomic mass is 10.0. The summed E-state index contributed by atoms with van der Waals surface area (Å²) in [4.78, 5) is 28.1. The zero-order valence-corrected chi connectivity index (χ0v) is 12.2. The van der Waals surface area contributed by atoms with E-state index in [0.717, 1.165) is 0 Å². The van der Waals surface area contributed by atoms with Crippen molar-refractivity contribution >= 4 is 17.4 Å². The van der Waals surface area contributed by atoms with Gasteiger partial charge in [0.25, 0.3) is 5.91 Å². The minimum absolute atomic E-state index is 0.250. The number of rotatable bonds is 5. The van der Waals surface area contributed by atoms with Crippen molar-refractivity contribution in [3.8, 4) is 0 Å². The second kappa shape index (κ2) is 6.34. The fourth-order valence-electron chi connectivity index (χ4n) is 2.07. The van der Waals surface area contributed by atoms with Crippen LogP contribution in [0.15, 0.2) is 24.8 Å². The van der Waals surface area contributed by atoms with Gasteiger partial charge in [-0.3, -0.25) is 9.78 Å². The van der Waals surface area contributed by atoms with E-state index in [-0.39, 0.29) is 11.8 Å². The lowest BCUT2D eigenvalue weighted by Gasteiger charge is -2.17. The number of carbonyl (C=O) groups is 2. The normalized spacial score (nSPS) is 12.4. The number of aromatic nitrogens is 3. The Labute approximate surface area is 122 Å². The summed E-state index contributed by atoms with van der Waals surface area (Å²) in [5.74, 6) is -0.569. The van der Waals surface area contributed by atoms with Gasteiger partial charge in [0.05, 0.1) is 30.6 Å². The second-order valence-corrected chi connectivity index (χ2v) is 5.14. The highest BCUT2D eigenvalue weighted by atomic mass is 16.5. The van der Waals surface area contributed by atoms with Crippen LogP contribution in [0, 0.1) is 5.92 Å². The number of hydrogen-bond donors (Lipinski definition) is 1. The number of methoxy groups -OCH3 is 1. The molecule has 2 aromatic heterocycles. The van der Waals surface area contributed by atoms with Crippen LogP contribution in [-0.2, 0) is 9.53 Å². The molecule has 0 aliphatic carbocycles. The summed E-state index contributed by atoms with van der Waals surface area (Å²) < 4.78 is 6.29. The quantitative estimate of drug-likeness (QED) is 0.832. The Morgan fingerprint density at radius 2 is 2.14 bits per heavy atom. The fraction of sp³-hybridized carbons (Fsp3) is 0.429. The first-order valence-electron chi connectivity index (χ1n) is 6.69. The van der Waals surface area contributed by atoms with Crippen LogP contribution in [0.2, 0.25) is 0 Å². The number of carbonyl (C=O) groups excluding carboxylic acids is 2. The molecule has 7 nitrogen and oxygen atoms in total. The van der Waals surface area contributed by atoms with E-state index in [4.69, 9.17) is 4.74 Å². The van der Waals surface area contributed by atoms with E-state index < -0.39 is 12.0 Å². The molecule has 2 rings (SSSR count). The molecule has 1 atom stereocenters. The van der Waals surface area contributed by atoms with Gasteiger partial charge in [0.1, 0.15) is 6.04 Å². The van der Waals surface area contributed by atoms with Gasteiger partial charge in [0, 0.05) is 12.4 Å². The lowest BCUT2D eigenvalue weighted by Crippen LogP contribution is -2.42. The van der Waals surface area contributed by atoms with Gasteiger partial charge in [-0.1, -0.05) is 13.8 Å². The van der Waals surface area contributed by atoms with E-state index in [1.807, 2.05) is 13.8 Å². The zero-order valence-electron chi connectivity index (χ0n) is 12.2. The maximum atomic E-state index is 12.3. The molecular weight excluding hydrogens is 272 g/mol. The average Bonchev–Trinajstić information content (AvgIpc) is 2.89. The van der Waals surface area contributed by atoms with Gasteiger partial charge < -0.3 is 10.1 Å². The number of esters is 1. The largest absolute Gasteiger partial charge is 0.467 e. The molecule has 0 fully saturated rings. The first-order valence-corrected chi connectivity index (χ1v) is 6.69. The Hall–Kier alpha value is -2.44. The van der Waals surface area contributed by atoms with Crippen molar-refractivity contribution < 1.29 is 14.3 Å². The number of fused-ring (bicyclic) bond motifs is 1. The van der Waals surface area contributed by atoms with Crippen molar-refractivity contribution in [2.75, 3.05) is 7.11 Å². The summed E-state index contributed by atoms with van der Waals surface area (Å²) in [5.41, 5.74) is 0.962. The van der Waals surface area contributed by atoms with Crippen molar-refractivity contribution in [1.82, 2.24) is 19.9 Å². The van der Waals surface area contributed by atoms with Crippen LogP contribution in [0.4, 0.5) is 0 Å². The molecule has 1 N–H and O–H groups in total. The Morgan fingerprint density at radius 3 is 2.81 bits per heavy atom. The third-order valence-electron chi connectivity index (χ3n) is 3.07. The van der Waals surface area contributed by atoms with E-state index in [9.17, 15) is 9.59 Å². The maximum absolute atomic E-state index is 12.3. The molecule has 0 saturated heterocycles. The first kappa shape index (κ1) is 15.0. The van der Waals surface area contributed by atoms with E-state index in [1.165, 1.54) is 13.3 Å². The summed E-state index contributed by atoms with van der Waals surface area (Å²) in [7, 11) is 1.31. The SMILES string of the molecule is COC(=O)C(CC(C)C)NC(=O)c1cnn2ccncc12. The number of nitrogens with zero attached hydrogens (tertiary/aromatic N) is 3. The van der Waals surface area contributed by atoms with Gasteiger partial charge in [-0.2, -0.15) is 5.10 Å². The number of amides is 1. The first-order chi connectivity index (χ1) is 10.0. The van der Waals surface area contributed by atoms with E-state index in [2.05, 4.69) is 15.4 Å². The topological polar surface area (TPSA) is 85.6 Å². The second-order valence-electron chi connectivity index (χ2n) is 5.14. The molecule has 2 heterocycles. The molecular formula is C14H18N4O3. The molecule has 0 radical (unpaired) electrons. The Balaban J connectivity index is 2.20. The predicted molar refractivity (Wildman–Crippen MR) is 75.7 cm³/mol. The molecule has 0 aliphatic rings. The van der Waals surface area contributed by atoms with Crippen LogP contribution in [0.1, 0.15) is 30.6 Å². The molecule has 1 unspecified atom stereocenters. The van der Waals surface area contributed by atoms with Crippen LogP contribution < -0.4 is 5.32 Å². The van der Waals surface area contributed by atoms with Gasteiger partial charge in [-0.05, 0) is 12.3 Å². The summed E-state index contributed by atoms with van der Waals surface area (Å²) in [6.07, 6.45) is 6.75. The van der Waals surface area contributed by atoms with Crippen molar-refractivity contribution in [2.24, 2.45) is 5.92 Å². The van der Waals surface area contributed by atoms with Crippen LogP contribution >= 0.6 is 0 Å². The molecule has 0 aliphatic heterocycles. The molecule has 21 heavy (non-hydrogen) atoms. The van der Waals surface area contributed by atoms with Crippen molar-refractivity contribution in [2.45, 2.75) is 26.3 Å². The minimum atomic E-state index is -0.672. The highest BCUT2D eigenvalue weighted by Gasteiger charge is 2.24. The van der Waals surface area contributed by atoms with Crippen molar-refractivity contribution in [1.29, 1.82) is 0 Å². The zero-order chi connectivity index (χ0) is 15.4. The van der Waals surface area contributed by atoms with E-state index >= 15 is 0 Å². The fourth-order valence-corrected chi connectivity index (χ4v) is 2.07.